The van der Waals surface area contributed by atoms with E-state index in [0.29, 0.717) is 36.2 Å². The van der Waals surface area contributed by atoms with E-state index in [1.165, 1.54) is 0 Å². The van der Waals surface area contributed by atoms with Crippen LogP contribution in [0.2, 0.25) is 5.02 Å². The number of carbonyl (C=O) groups excluding carboxylic acids is 1. The number of guanidine groups is 1. The van der Waals surface area contributed by atoms with E-state index in [1.807, 2.05) is 18.2 Å². The summed E-state index contributed by atoms with van der Waals surface area (Å²) in [6.07, 6.45) is 2.49. The highest BCUT2D eigenvalue weighted by Crippen LogP contribution is 2.09. The van der Waals surface area contributed by atoms with E-state index in [2.05, 4.69) is 20.6 Å². The van der Waals surface area contributed by atoms with Gasteiger partial charge in [-0.1, -0.05) is 17.7 Å². The molecular formula is C17H20ClN5O. The summed E-state index contributed by atoms with van der Waals surface area (Å²) >= 11 is 5.79. The number of benzene rings is 1. The van der Waals surface area contributed by atoms with Crippen molar-refractivity contribution in [2.45, 2.75) is 6.42 Å². The molecule has 6 nitrogen and oxygen atoms in total. The lowest BCUT2D eigenvalue weighted by Crippen LogP contribution is -2.38. The van der Waals surface area contributed by atoms with Gasteiger partial charge in [-0.2, -0.15) is 0 Å². The van der Waals surface area contributed by atoms with Crippen LogP contribution >= 0.6 is 11.6 Å². The van der Waals surface area contributed by atoms with Crippen molar-refractivity contribution in [3.63, 3.8) is 0 Å². The molecule has 1 aromatic heterocycles. The number of nitrogens with one attached hydrogen (secondary N) is 2. The minimum atomic E-state index is -0.154. The van der Waals surface area contributed by atoms with E-state index in [1.54, 1.807) is 30.5 Å². The first kappa shape index (κ1) is 17.7. The number of aromatic nitrogens is 1. The Balaban J connectivity index is 1.63. The molecule has 0 atom stereocenters. The zero-order valence-electron chi connectivity index (χ0n) is 13.2. The number of rotatable bonds is 7. The second kappa shape index (κ2) is 9.52. The molecule has 1 amide bonds. The van der Waals surface area contributed by atoms with Gasteiger partial charge in [0.15, 0.2) is 5.96 Å². The molecule has 7 heteroatoms. The lowest BCUT2D eigenvalue weighted by atomic mass is 10.2. The highest BCUT2D eigenvalue weighted by molar-refractivity contribution is 6.30. The van der Waals surface area contributed by atoms with Gasteiger partial charge in [-0.3, -0.25) is 14.8 Å². The fraction of sp³-hybridized carbons (Fsp3) is 0.235. The van der Waals surface area contributed by atoms with Crippen LogP contribution in [0.25, 0.3) is 0 Å². The van der Waals surface area contributed by atoms with Crippen LogP contribution in [0.3, 0.4) is 0 Å². The van der Waals surface area contributed by atoms with Crippen molar-refractivity contribution in [3.8, 4) is 0 Å². The van der Waals surface area contributed by atoms with Crippen LogP contribution in [0.5, 0.6) is 0 Å². The van der Waals surface area contributed by atoms with Gasteiger partial charge in [0.25, 0.3) is 5.91 Å². The topological polar surface area (TPSA) is 92.4 Å². The van der Waals surface area contributed by atoms with Crippen molar-refractivity contribution in [2.24, 2.45) is 10.7 Å². The Kier molecular flexibility index (Phi) is 7.04. The summed E-state index contributed by atoms with van der Waals surface area (Å²) in [7, 11) is 0. The third-order valence-corrected chi connectivity index (χ3v) is 3.45. The van der Waals surface area contributed by atoms with Gasteiger partial charge in [0, 0.05) is 48.5 Å². The van der Waals surface area contributed by atoms with Crippen molar-refractivity contribution in [1.29, 1.82) is 0 Å². The first-order valence-electron chi connectivity index (χ1n) is 7.62. The fourth-order valence-electron chi connectivity index (χ4n) is 1.96. The molecule has 0 unspecified atom stereocenters. The molecule has 1 aromatic carbocycles. The Labute approximate surface area is 146 Å². The zero-order valence-corrected chi connectivity index (χ0v) is 14.0. The van der Waals surface area contributed by atoms with Gasteiger partial charge < -0.3 is 16.4 Å². The fourth-order valence-corrected chi connectivity index (χ4v) is 2.09. The third-order valence-electron chi connectivity index (χ3n) is 3.20. The van der Waals surface area contributed by atoms with Gasteiger partial charge in [0.1, 0.15) is 0 Å². The molecule has 0 bridgehead atoms. The Morgan fingerprint density at radius 1 is 1.12 bits per heavy atom. The van der Waals surface area contributed by atoms with E-state index in [4.69, 9.17) is 17.3 Å². The minimum Gasteiger partial charge on any atom is -0.370 e. The first-order chi connectivity index (χ1) is 11.6. The molecule has 0 aliphatic heterocycles. The Morgan fingerprint density at radius 2 is 1.88 bits per heavy atom. The molecule has 2 rings (SSSR count). The maximum atomic E-state index is 11.9. The predicted octanol–water partition coefficient (Wildman–Crippen LogP) is 1.61. The standard InChI is InChI=1S/C17H20ClN5O/c18-14-6-4-13(5-7-14)16(24)21-11-12-23-17(19)22-10-8-15-3-1-2-9-20-15/h1-7,9H,8,10-12H2,(H,21,24)(H3,19,22,23). The van der Waals surface area contributed by atoms with Crippen LogP contribution in [0.4, 0.5) is 0 Å². The monoisotopic (exact) mass is 345 g/mol. The smallest absolute Gasteiger partial charge is 0.251 e. The van der Waals surface area contributed by atoms with Crippen molar-refractivity contribution < 1.29 is 4.79 Å². The number of nitrogens with two attached hydrogens (primary N) is 1. The van der Waals surface area contributed by atoms with Crippen molar-refractivity contribution in [3.05, 3.63) is 64.9 Å². The molecule has 0 aliphatic rings. The van der Waals surface area contributed by atoms with Crippen molar-refractivity contribution in [1.82, 2.24) is 15.6 Å². The van der Waals surface area contributed by atoms with Crippen LogP contribution in [0.15, 0.2) is 53.7 Å². The summed E-state index contributed by atoms with van der Waals surface area (Å²) in [5.74, 6) is 0.200. The second-order valence-corrected chi connectivity index (χ2v) is 5.46. The van der Waals surface area contributed by atoms with Gasteiger partial charge in [-0.25, -0.2) is 0 Å². The van der Waals surface area contributed by atoms with Crippen LogP contribution in [0.1, 0.15) is 16.1 Å². The number of carbonyl (C=O) groups is 1. The highest BCUT2D eigenvalue weighted by atomic mass is 35.5. The number of halogens is 1. The molecule has 0 saturated carbocycles. The summed E-state index contributed by atoms with van der Waals surface area (Å²) in [4.78, 5) is 20.3. The largest absolute Gasteiger partial charge is 0.370 e. The van der Waals surface area contributed by atoms with Crippen LogP contribution < -0.4 is 16.4 Å². The lowest BCUT2D eigenvalue weighted by Gasteiger charge is -2.07. The van der Waals surface area contributed by atoms with E-state index in [-0.39, 0.29) is 5.91 Å². The molecule has 0 fully saturated rings. The van der Waals surface area contributed by atoms with Crippen molar-refractivity contribution >= 4 is 23.5 Å². The average Bonchev–Trinajstić information content (AvgIpc) is 2.60. The predicted molar refractivity (Wildman–Crippen MR) is 96.2 cm³/mol. The van der Waals surface area contributed by atoms with E-state index < -0.39 is 0 Å². The summed E-state index contributed by atoms with van der Waals surface area (Å²) in [5.41, 5.74) is 7.32. The molecule has 2 aromatic rings. The minimum absolute atomic E-state index is 0.154. The Morgan fingerprint density at radius 3 is 2.58 bits per heavy atom. The normalized spacial score (nSPS) is 11.1. The molecule has 0 spiro atoms. The van der Waals surface area contributed by atoms with Crippen LogP contribution in [0, 0.1) is 0 Å². The summed E-state index contributed by atoms with van der Waals surface area (Å²) in [5, 5.41) is 6.35. The number of aliphatic imine (C=N–C) groups is 1. The second-order valence-electron chi connectivity index (χ2n) is 5.03. The summed E-state index contributed by atoms with van der Waals surface area (Å²) < 4.78 is 0. The molecule has 1 heterocycles. The van der Waals surface area contributed by atoms with E-state index >= 15 is 0 Å². The first-order valence-corrected chi connectivity index (χ1v) is 8.00. The summed E-state index contributed by atoms with van der Waals surface area (Å²) in [6.45, 7) is 1.50. The summed E-state index contributed by atoms with van der Waals surface area (Å²) in [6, 6.07) is 12.5. The van der Waals surface area contributed by atoms with Gasteiger partial charge >= 0.3 is 0 Å². The van der Waals surface area contributed by atoms with Crippen LogP contribution in [-0.4, -0.2) is 36.5 Å². The molecule has 4 N–H and O–H groups in total. The maximum Gasteiger partial charge on any atom is 0.251 e. The highest BCUT2D eigenvalue weighted by Gasteiger charge is 2.03. The van der Waals surface area contributed by atoms with E-state index in [9.17, 15) is 4.79 Å². The van der Waals surface area contributed by atoms with Gasteiger partial charge in [0.2, 0.25) is 0 Å². The molecule has 0 radical (unpaired) electrons. The SMILES string of the molecule is NC(=NCCc1ccccn1)NCCNC(=O)c1ccc(Cl)cc1. The quantitative estimate of drug-likeness (QED) is 0.404. The van der Waals surface area contributed by atoms with Gasteiger partial charge in [-0.05, 0) is 36.4 Å². The van der Waals surface area contributed by atoms with Gasteiger partial charge in [0.05, 0.1) is 0 Å². The van der Waals surface area contributed by atoms with Crippen molar-refractivity contribution in [2.75, 3.05) is 19.6 Å². The van der Waals surface area contributed by atoms with E-state index in [0.717, 1.165) is 12.1 Å². The number of hydrogen-bond donors (Lipinski definition) is 3. The number of hydrogen-bond acceptors (Lipinski definition) is 3. The number of amides is 1. The van der Waals surface area contributed by atoms with Gasteiger partial charge in [-0.15, -0.1) is 0 Å². The molecular weight excluding hydrogens is 326 g/mol. The third kappa shape index (κ3) is 6.26. The molecule has 126 valence electrons. The molecule has 0 aliphatic carbocycles. The molecule has 0 saturated heterocycles. The Bertz CT molecular complexity index is 673. The maximum absolute atomic E-state index is 11.9. The molecule has 24 heavy (non-hydrogen) atoms. The average molecular weight is 346 g/mol. The number of pyridine rings is 1. The lowest BCUT2D eigenvalue weighted by molar-refractivity contribution is 0.0954. The Hall–Kier alpha value is -2.60. The zero-order chi connectivity index (χ0) is 17.2. The van der Waals surface area contributed by atoms with Crippen LogP contribution in [-0.2, 0) is 6.42 Å². The number of nitrogens with zero attached hydrogens (tertiary/aromatic N) is 2.